The maximum Gasteiger partial charge on any atom is 0.254 e. The molecule has 0 atom stereocenters. The minimum atomic E-state index is -0.0341. The molecule has 2 N–H and O–H groups in total. The van der Waals surface area contributed by atoms with E-state index >= 15 is 0 Å². The van der Waals surface area contributed by atoms with Crippen LogP contribution in [0.2, 0.25) is 0 Å². The zero-order valence-electron chi connectivity index (χ0n) is 11.8. The molecular weight excluding hydrogens is 244 g/mol. The first kappa shape index (κ1) is 15.3. The van der Waals surface area contributed by atoms with Crippen molar-refractivity contribution in [1.82, 2.24) is 4.90 Å². The fraction of sp³-hybridized carbons (Fsp3) is 0.500. The molecule has 1 aromatic rings. The van der Waals surface area contributed by atoms with Crippen molar-refractivity contribution in [2.75, 3.05) is 33.9 Å². The minimum absolute atomic E-state index is 0.0341. The Morgan fingerprint density at radius 3 is 2.21 bits per heavy atom. The summed E-state index contributed by atoms with van der Waals surface area (Å²) < 4.78 is 10.3. The van der Waals surface area contributed by atoms with Crippen LogP contribution in [0.15, 0.2) is 18.2 Å². The summed E-state index contributed by atoms with van der Waals surface area (Å²) in [6, 6.07) is 5.18. The van der Waals surface area contributed by atoms with Gasteiger partial charge < -0.3 is 20.1 Å². The van der Waals surface area contributed by atoms with Crippen molar-refractivity contribution in [1.29, 1.82) is 0 Å². The number of hydrogen-bond donors (Lipinski definition) is 1. The third-order valence-electron chi connectivity index (χ3n) is 2.90. The summed E-state index contributed by atoms with van der Waals surface area (Å²) in [6.07, 6.45) is 0.792. The Kier molecular flexibility index (Phi) is 6.15. The molecule has 0 unspecified atom stereocenters. The molecule has 0 aliphatic rings. The topological polar surface area (TPSA) is 64.8 Å². The number of ether oxygens (including phenoxy) is 2. The lowest BCUT2D eigenvalue weighted by Crippen LogP contribution is -2.32. The van der Waals surface area contributed by atoms with E-state index in [-0.39, 0.29) is 5.91 Å². The maximum atomic E-state index is 12.4. The van der Waals surface area contributed by atoms with Crippen LogP contribution in [0.25, 0.3) is 0 Å². The zero-order valence-corrected chi connectivity index (χ0v) is 11.8. The van der Waals surface area contributed by atoms with E-state index in [1.807, 2.05) is 6.92 Å². The van der Waals surface area contributed by atoms with Gasteiger partial charge >= 0.3 is 0 Å². The third-order valence-corrected chi connectivity index (χ3v) is 2.90. The van der Waals surface area contributed by atoms with Gasteiger partial charge in [0.1, 0.15) is 11.5 Å². The van der Waals surface area contributed by atoms with E-state index < -0.39 is 0 Å². The summed E-state index contributed by atoms with van der Waals surface area (Å²) in [7, 11) is 3.13. The number of carbonyl (C=O) groups is 1. The van der Waals surface area contributed by atoms with Crippen LogP contribution in [-0.4, -0.2) is 44.7 Å². The monoisotopic (exact) mass is 266 g/mol. The van der Waals surface area contributed by atoms with Gasteiger partial charge in [0.05, 0.1) is 14.2 Å². The Bertz CT molecular complexity index is 399. The Labute approximate surface area is 114 Å². The molecule has 5 heteroatoms. The van der Waals surface area contributed by atoms with Gasteiger partial charge in [-0.1, -0.05) is 0 Å². The summed E-state index contributed by atoms with van der Waals surface area (Å²) in [5.41, 5.74) is 6.05. The predicted octanol–water partition coefficient (Wildman–Crippen LogP) is 1.51. The molecule has 106 valence electrons. The second kappa shape index (κ2) is 7.63. The number of benzene rings is 1. The van der Waals surface area contributed by atoms with E-state index in [1.165, 1.54) is 0 Å². The molecule has 0 aliphatic carbocycles. The fourth-order valence-corrected chi connectivity index (χ4v) is 1.80. The summed E-state index contributed by atoms with van der Waals surface area (Å²) in [6.45, 7) is 3.83. The SMILES string of the molecule is CCN(CCCN)C(=O)c1cc(OC)cc(OC)c1. The standard InChI is InChI=1S/C14H22N2O3/c1-4-16(7-5-6-15)14(17)11-8-12(18-2)10-13(9-11)19-3/h8-10H,4-7,15H2,1-3H3. The van der Waals surface area contributed by atoms with E-state index in [2.05, 4.69) is 0 Å². The molecule has 0 aromatic heterocycles. The smallest absolute Gasteiger partial charge is 0.254 e. The Hall–Kier alpha value is -1.75. The van der Waals surface area contributed by atoms with Crippen molar-refractivity contribution in [2.45, 2.75) is 13.3 Å². The lowest BCUT2D eigenvalue weighted by molar-refractivity contribution is 0.0763. The third kappa shape index (κ3) is 4.13. The highest BCUT2D eigenvalue weighted by molar-refractivity contribution is 5.95. The largest absolute Gasteiger partial charge is 0.497 e. The average Bonchev–Trinajstić information content (AvgIpc) is 2.47. The van der Waals surface area contributed by atoms with E-state index in [9.17, 15) is 4.79 Å². The molecule has 0 fully saturated rings. The molecule has 0 aliphatic heterocycles. The van der Waals surface area contributed by atoms with Crippen LogP contribution < -0.4 is 15.2 Å². The molecule has 5 nitrogen and oxygen atoms in total. The molecule has 0 radical (unpaired) electrons. The summed E-state index contributed by atoms with van der Waals surface area (Å²) in [4.78, 5) is 14.2. The zero-order chi connectivity index (χ0) is 14.3. The Balaban J connectivity index is 2.96. The summed E-state index contributed by atoms with van der Waals surface area (Å²) in [5, 5.41) is 0. The first-order valence-electron chi connectivity index (χ1n) is 6.38. The number of hydrogen-bond acceptors (Lipinski definition) is 4. The maximum absolute atomic E-state index is 12.4. The van der Waals surface area contributed by atoms with Crippen LogP contribution in [0.5, 0.6) is 11.5 Å². The van der Waals surface area contributed by atoms with Crippen molar-refractivity contribution in [3.05, 3.63) is 23.8 Å². The normalized spacial score (nSPS) is 10.1. The van der Waals surface area contributed by atoms with E-state index in [0.29, 0.717) is 36.7 Å². The van der Waals surface area contributed by atoms with Gasteiger partial charge in [-0.05, 0) is 32.0 Å². The number of nitrogens with zero attached hydrogens (tertiary/aromatic N) is 1. The quantitative estimate of drug-likeness (QED) is 0.812. The molecule has 1 aromatic carbocycles. The minimum Gasteiger partial charge on any atom is -0.497 e. The Morgan fingerprint density at radius 1 is 1.21 bits per heavy atom. The van der Waals surface area contributed by atoms with E-state index in [0.717, 1.165) is 6.42 Å². The second-order valence-electron chi connectivity index (χ2n) is 4.13. The average molecular weight is 266 g/mol. The number of rotatable bonds is 7. The van der Waals surface area contributed by atoms with Gasteiger partial charge in [0.25, 0.3) is 5.91 Å². The van der Waals surface area contributed by atoms with Gasteiger partial charge in [0, 0.05) is 24.7 Å². The first-order chi connectivity index (χ1) is 9.15. The molecule has 1 rings (SSSR count). The predicted molar refractivity (Wildman–Crippen MR) is 74.8 cm³/mol. The summed E-state index contributed by atoms with van der Waals surface area (Å²) in [5.74, 6) is 1.18. The van der Waals surface area contributed by atoms with Crippen LogP contribution in [0.3, 0.4) is 0 Å². The number of carbonyl (C=O) groups excluding carboxylic acids is 1. The lowest BCUT2D eigenvalue weighted by atomic mass is 10.1. The van der Waals surface area contributed by atoms with Crippen molar-refractivity contribution in [2.24, 2.45) is 5.73 Å². The lowest BCUT2D eigenvalue weighted by Gasteiger charge is -2.21. The van der Waals surface area contributed by atoms with Gasteiger partial charge in [-0.3, -0.25) is 4.79 Å². The second-order valence-corrected chi connectivity index (χ2v) is 4.13. The Morgan fingerprint density at radius 2 is 1.79 bits per heavy atom. The van der Waals surface area contributed by atoms with Crippen molar-refractivity contribution >= 4 is 5.91 Å². The van der Waals surface area contributed by atoms with Gasteiger partial charge in [-0.15, -0.1) is 0 Å². The van der Waals surface area contributed by atoms with Crippen molar-refractivity contribution in [3.63, 3.8) is 0 Å². The van der Waals surface area contributed by atoms with Crippen LogP contribution >= 0.6 is 0 Å². The molecule has 0 saturated heterocycles. The van der Waals surface area contributed by atoms with Gasteiger partial charge in [0.2, 0.25) is 0 Å². The molecule has 0 spiro atoms. The van der Waals surface area contributed by atoms with Crippen LogP contribution in [0, 0.1) is 0 Å². The molecule has 0 heterocycles. The molecule has 0 saturated carbocycles. The van der Waals surface area contributed by atoms with Crippen LogP contribution in [0.4, 0.5) is 0 Å². The first-order valence-corrected chi connectivity index (χ1v) is 6.38. The molecule has 0 bridgehead atoms. The van der Waals surface area contributed by atoms with Crippen molar-refractivity contribution < 1.29 is 14.3 Å². The highest BCUT2D eigenvalue weighted by Gasteiger charge is 2.15. The highest BCUT2D eigenvalue weighted by atomic mass is 16.5. The van der Waals surface area contributed by atoms with Crippen LogP contribution in [0.1, 0.15) is 23.7 Å². The van der Waals surface area contributed by atoms with Crippen LogP contribution in [-0.2, 0) is 0 Å². The molecular formula is C14H22N2O3. The van der Waals surface area contributed by atoms with Gasteiger partial charge in [-0.25, -0.2) is 0 Å². The van der Waals surface area contributed by atoms with E-state index in [1.54, 1.807) is 37.3 Å². The number of amides is 1. The van der Waals surface area contributed by atoms with Crippen molar-refractivity contribution in [3.8, 4) is 11.5 Å². The van der Waals surface area contributed by atoms with E-state index in [4.69, 9.17) is 15.2 Å². The number of methoxy groups -OCH3 is 2. The fourth-order valence-electron chi connectivity index (χ4n) is 1.80. The summed E-state index contributed by atoms with van der Waals surface area (Å²) >= 11 is 0. The number of nitrogens with two attached hydrogens (primary N) is 1. The van der Waals surface area contributed by atoms with Gasteiger partial charge in [-0.2, -0.15) is 0 Å². The van der Waals surface area contributed by atoms with Gasteiger partial charge in [0.15, 0.2) is 0 Å². The molecule has 19 heavy (non-hydrogen) atoms. The highest BCUT2D eigenvalue weighted by Crippen LogP contribution is 2.23. The molecule has 1 amide bonds.